The van der Waals surface area contributed by atoms with E-state index in [9.17, 15) is 14.0 Å². The monoisotopic (exact) mass is 411 g/mol. The van der Waals surface area contributed by atoms with Crippen LogP contribution in [0.4, 0.5) is 4.39 Å². The predicted molar refractivity (Wildman–Crippen MR) is 110 cm³/mol. The average molecular weight is 412 g/mol. The minimum atomic E-state index is -0.440. The van der Waals surface area contributed by atoms with Gasteiger partial charge in [-0.3, -0.25) is 14.5 Å². The van der Waals surface area contributed by atoms with E-state index in [1.54, 1.807) is 12.1 Å². The highest BCUT2D eigenvalue weighted by Crippen LogP contribution is 2.31. The quantitative estimate of drug-likeness (QED) is 0.641. The van der Waals surface area contributed by atoms with E-state index in [2.05, 4.69) is 15.5 Å². The molecule has 0 bridgehead atoms. The van der Waals surface area contributed by atoms with Gasteiger partial charge in [-0.1, -0.05) is 38.4 Å². The van der Waals surface area contributed by atoms with Crippen LogP contribution in [0.5, 0.6) is 0 Å². The van der Waals surface area contributed by atoms with E-state index in [1.807, 2.05) is 20.8 Å². The van der Waals surface area contributed by atoms with Crippen LogP contribution in [0.1, 0.15) is 58.1 Å². The van der Waals surface area contributed by atoms with Gasteiger partial charge in [-0.15, -0.1) is 0 Å². The first-order valence-corrected chi connectivity index (χ1v) is 10.3. The molecule has 28 heavy (non-hydrogen) atoms. The number of nitrogens with zero attached hydrogens (tertiary/aromatic N) is 1. The Kier molecular flexibility index (Phi) is 8.25. The first kappa shape index (κ1) is 22.6. The van der Waals surface area contributed by atoms with Crippen LogP contribution in [-0.4, -0.2) is 42.9 Å². The summed E-state index contributed by atoms with van der Waals surface area (Å²) in [6, 6.07) is 4.40. The number of rotatable bonds is 8. The lowest BCUT2D eigenvalue weighted by Crippen LogP contribution is -2.38. The Morgan fingerprint density at radius 2 is 1.89 bits per heavy atom. The summed E-state index contributed by atoms with van der Waals surface area (Å²) in [6.07, 6.45) is 2.98. The van der Waals surface area contributed by atoms with Crippen LogP contribution in [-0.2, 0) is 9.59 Å². The summed E-state index contributed by atoms with van der Waals surface area (Å²) in [5.74, 6) is -0.485. The number of halogens is 2. The van der Waals surface area contributed by atoms with E-state index in [0.717, 1.165) is 25.9 Å². The largest absolute Gasteiger partial charge is 0.356 e. The summed E-state index contributed by atoms with van der Waals surface area (Å²) in [5, 5.41) is 6.13. The Bertz CT molecular complexity index is 664. The molecular weight excluding hydrogens is 381 g/mol. The third kappa shape index (κ3) is 6.45. The van der Waals surface area contributed by atoms with Crippen molar-refractivity contribution in [3.8, 4) is 0 Å². The zero-order valence-corrected chi connectivity index (χ0v) is 17.7. The van der Waals surface area contributed by atoms with Crippen molar-refractivity contribution < 1.29 is 14.0 Å². The van der Waals surface area contributed by atoms with Crippen molar-refractivity contribution in [2.24, 2.45) is 5.41 Å². The molecule has 2 rings (SSSR count). The number of hydrogen-bond donors (Lipinski definition) is 2. The standard InChI is InChI=1S/C21H31ClFN3O2/c1-21(2,3)20(28)24-11-7-10-18(27)25-14-17(26-12-4-5-13-26)19-15(22)8-6-9-16(19)23/h6,8-9,17H,4-5,7,10-14H2,1-3H3,(H,24,28)(H,25,27). The third-order valence-corrected chi connectivity index (χ3v) is 5.28. The molecular formula is C21H31ClFN3O2. The fraction of sp³-hybridized carbons (Fsp3) is 0.619. The van der Waals surface area contributed by atoms with Crippen LogP contribution >= 0.6 is 11.6 Å². The second-order valence-electron chi connectivity index (χ2n) is 8.31. The molecule has 7 heteroatoms. The minimum absolute atomic E-state index is 0.0313. The normalized spacial score (nSPS) is 16.0. The Labute approximate surface area is 172 Å². The molecule has 0 radical (unpaired) electrons. The molecule has 1 unspecified atom stereocenters. The topological polar surface area (TPSA) is 61.4 Å². The SMILES string of the molecule is CC(C)(C)C(=O)NCCCC(=O)NCC(c1c(F)cccc1Cl)N1CCCC1. The van der Waals surface area contributed by atoms with E-state index in [1.165, 1.54) is 6.07 Å². The fourth-order valence-corrected chi connectivity index (χ4v) is 3.60. The smallest absolute Gasteiger partial charge is 0.225 e. The van der Waals surface area contributed by atoms with Crippen LogP contribution in [0.25, 0.3) is 0 Å². The molecule has 5 nitrogen and oxygen atoms in total. The Hall–Kier alpha value is -1.66. The van der Waals surface area contributed by atoms with Crippen molar-refractivity contribution in [2.75, 3.05) is 26.2 Å². The van der Waals surface area contributed by atoms with Gasteiger partial charge in [-0.2, -0.15) is 0 Å². The first-order valence-electron chi connectivity index (χ1n) is 9.93. The second-order valence-corrected chi connectivity index (χ2v) is 8.71. The average Bonchev–Trinajstić information content (AvgIpc) is 3.14. The molecule has 1 heterocycles. The molecule has 1 aromatic rings. The van der Waals surface area contributed by atoms with Gasteiger partial charge in [-0.25, -0.2) is 4.39 Å². The highest BCUT2D eigenvalue weighted by molar-refractivity contribution is 6.31. The van der Waals surface area contributed by atoms with E-state index in [0.29, 0.717) is 36.5 Å². The summed E-state index contributed by atoms with van der Waals surface area (Å²) < 4.78 is 14.4. The highest BCUT2D eigenvalue weighted by atomic mass is 35.5. The summed E-state index contributed by atoms with van der Waals surface area (Å²) in [7, 11) is 0. The molecule has 2 amide bonds. The van der Waals surface area contributed by atoms with Crippen LogP contribution < -0.4 is 10.6 Å². The van der Waals surface area contributed by atoms with Gasteiger partial charge < -0.3 is 10.6 Å². The van der Waals surface area contributed by atoms with Gasteiger partial charge >= 0.3 is 0 Å². The molecule has 0 aromatic heterocycles. The lowest BCUT2D eigenvalue weighted by atomic mass is 9.96. The number of likely N-dealkylation sites (tertiary alicyclic amines) is 1. The van der Waals surface area contributed by atoms with E-state index >= 15 is 0 Å². The number of amides is 2. The molecule has 1 aliphatic rings. The van der Waals surface area contributed by atoms with Crippen molar-refractivity contribution in [2.45, 2.75) is 52.5 Å². The molecule has 1 saturated heterocycles. The zero-order chi connectivity index (χ0) is 20.7. The lowest BCUT2D eigenvalue weighted by molar-refractivity contribution is -0.128. The summed E-state index contributed by atoms with van der Waals surface area (Å²) in [5.41, 5.74) is 0.00773. The van der Waals surface area contributed by atoms with Gasteiger partial charge in [0.2, 0.25) is 11.8 Å². The van der Waals surface area contributed by atoms with Crippen molar-refractivity contribution >= 4 is 23.4 Å². The van der Waals surface area contributed by atoms with Gasteiger partial charge in [0.25, 0.3) is 0 Å². The Morgan fingerprint density at radius 1 is 1.21 bits per heavy atom. The Morgan fingerprint density at radius 3 is 2.50 bits per heavy atom. The number of carbonyl (C=O) groups excluding carboxylic acids is 2. The maximum atomic E-state index is 14.4. The fourth-order valence-electron chi connectivity index (χ4n) is 3.31. The van der Waals surface area contributed by atoms with Gasteiger partial charge in [0.1, 0.15) is 5.82 Å². The zero-order valence-electron chi connectivity index (χ0n) is 17.0. The number of nitrogens with one attached hydrogen (secondary N) is 2. The van der Waals surface area contributed by atoms with E-state index in [4.69, 9.17) is 11.6 Å². The summed E-state index contributed by atoms with van der Waals surface area (Å²) in [4.78, 5) is 26.2. The predicted octanol–water partition coefficient (Wildman–Crippen LogP) is 3.67. The molecule has 2 N–H and O–H groups in total. The molecule has 1 aliphatic heterocycles. The first-order chi connectivity index (χ1) is 13.2. The van der Waals surface area contributed by atoms with Crippen molar-refractivity contribution in [3.05, 3.63) is 34.6 Å². The molecule has 1 fully saturated rings. The number of benzene rings is 1. The maximum absolute atomic E-state index is 14.4. The minimum Gasteiger partial charge on any atom is -0.356 e. The molecule has 0 saturated carbocycles. The van der Waals surface area contributed by atoms with Crippen LogP contribution in [0.2, 0.25) is 5.02 Å². The summed E-state index contributed by atoms with van der Waals surface area (Å²) >= 11 is 6.27. The molecule has 0 aliphatic carbocycles. The molecule has 0 spiro atoms. The highest BCUT2D eigenvalue weighted by Gasteiger charge is 2.28. The van der Waals surface area contributed by atoms with Gasteiger partial charge in [-0.05, 0) is 44.5 Å². The van der Waals surface area contributed by atoms with Crippen molar-refractivity contribution in [1.82, 2.24) is 15.5 Å². The van der Waals surface area contributed by atoms with Crippen LogP contribution in [0, 0.1) is 11.2 Å². The molecule has 1 atom stereocenters. The van der Waals surface area contributed by atoms with Gasteiger partial charge in [0.15, 0.2) is 0 Å². The second kappa shape index (κ2) is 10.2. The van der Waals surface area contributed by atoms with Crippen molar-refractivity contribution in [1.29, 1.82) is 0 Å². The third-order valence-electron chi connectivity index (χ3n) is 4.95. The number of hydrogen-bond acceptors (Lipinski definition) is 3. The summed E-state index contributed by atoms with van der Waals surface area (Å²) in [6.45, 7) is 8.05. The number of carbonyl (C=O) groups is 2. The Balaban J connectivity index is 1.88. The lowest BCUT2D eigenvalue weighted by Gasteiger charge is -2.29. The van der Waals surface area contributed by atoms with Gasteiger partial charge in [0, 0.05) is 35.5 Å². The molecule has 1 aromatic carbocycles. The maximum Gasteiger partial charge on any atom is 0.225 e. The van der Waals surface area contributed by atoms with Crippen LogP contribution in [0.15, 0.2) is 18.2 Å². The van der Waals surface area contributed by atoms with Crippen molar-refractivity contribution in [3.63, 3.8) is 0 Å². The van der Waals surface area contributed by atoms with E-state index in [-0.39, 0.29) is 23.7 Å². The van der Waals surface area contributed by atoms with Gasteiger partial charge in [0.05, 0.1) is 6.04 Å². The van der Waals surface area contributed by atoms with Crippen LogP contribution in [0.3, 0.4) is 0 Å². The molecule has 156 valence electrons. The van der Waals surface area contributed by atoms with E-state index < -0.39 is 5.41 Å².